The fourth-order valence-corrected chi connectivity index (χ4v) is 6.06. The Labute approximate surface area is 211 Å². The highest BCUT2D eigenvalue weighted by Gasteiger charge is 2.30. The van der Waals surface area contributed by atoms with E-state index in [1.165, 1.54) is 32.1 Å². The van der Waals surface area contributed by atoms with Gasteiger partial charge in [0.1, 0.15) is 5.76 Å². The molecule has 1 saturated carbocycles. The van der Waals surface area contributed by atoms with E-state index in [4.69, 9.17) is 4.42 Å². The number of hydrogen-bond acceptors (Lipinski definition) is 6. The van der Waals surface area contributed by atoms with Gasteiger partial charge in [0.05, 0.1) is 5.71 Å². The van der Waals surface area contributed by atoms with Crippen molar-refractivity contribution < 1.29 is 14.4 Å². The number of carbonyl (C=O) groups is 1. The fourth-order valence-electron chi connectivity index (χ4n) is 6.06. The normalized spacial score (nSPS) is 20.1. The second kappa shape index (κ2) is 9.90. The summed E-state index contributed by atoms with van der Waals surface area (Å²) in [6.45, 7) is 3.33. The summed E-state index contributed by atoms with van der Waals surface area (Å²) in [7, 11) is 0. The molecule has 0 atom stereocenters. The zero-order valence-electron chi connectivity index (χ0n) is 20.5. The van der Waals surface area contributed by atoms with Gasteiger partial charge in [-0.3, -0.25) is 14.7 Å². The number of aryl methyl sites for hydroxylation is 1. The predicted molar refractivity (Wildman–Crippen MR) is 138 cm³/mol. The van der Waals surface area contributed by atoms with Crippen LogP contribution in [-0.4, -0.2) is 63.8 Å². The van der Waals surface area contributed by atoms with Crippen molar-refractivity contribution in [2.24, 2.45) is 5.16 Å². The Morgan fingerprint density at radius 2 is 1.69 bits per heavy atom. The summed E-state index contributed by atoms with van der Waals surface area (Å²) in [6.07, 6.45) is 11.6. The van der Waals surface area contributed by atoms with E-state index in [-0.39, 0.29) is 5.91 Å². The molecule has 1 amide bonds. The van der Waals surface area contributed by atoms with Crippen LogP contribution in [-0.2, 0) is 6.42 Å². The van der Waals surface area contributed by atoms with Crippen molar-refractivity contribution >= 4 is 11.6 Å². The number of oxime groups is 1. The van der Waals surface area contributed by atoms with Crippen molar-refractivity contribution in [2.75, 3.05) is 26.2 Å². The lowest BCUT2D eigenvalue weighted by atomic mass is 9.94. The summed E-state index contributed by atoms with van der Waals surface area (Å²) < 4.78 is 6.32. The van der Waals surface area contributed by atoms with Gasteiger partial charge in [-0.25, -0.2) is 0 Å². The average molecular weight is 485 g/mol. The SMILES string of the molecule is O=C(c1cc(-c2ccncc2)c(-c2ccc3c(c2)CC/C3=N\O)o1)N1CCN(C2CCCCC2)CC1. The molecule has 2 aliphatic carbocycles. The van der Waals surface area contributed by atoms with Gasteiger partial charge in [0.15, 0.2) is 5.76 Å². The molecule has 2 aromatic heterocycles. The Morgan fingerprint density at radius 1 is 0.917 bits per heavy atom. The number of fused-ring (bicyclic) bond motifs is 1. The molecule has 2 fully saturated rings. The van der Waals surface area contributed by atoms with Crippen LogP contribution >= 0.6 is 0 Å². The van der Waals surface area contributed by atoms with E-state index in [0.717, 1.165) is 66.8 Å². The van der Waals surface area contributed by atoms with Gasteiger partial charge in [0.25, 0.3) is 5.91 Å². The van der Waals surface area contributed by atoms with Crippen LogP contribution in [0.25, 0.3) is 22.5 Å². The van der Waals surface area contributed by atoms with Crippen molar-refractivity contribution in [3.8, 4) is 22.5 Å². The minimum Gasteiger partial charge on any atom is -0.450 e. The predicted octanol–water partition coefficient (Wildman–Crippen LogP) is 5.22. The lowest BCUT2D eigenvalue weighted by Crippen LogP contribution is -2.52. The molecule has 1 aromatic carbocycles. The van der Waals surface area contributed by atoms with E-state index < -0.39 is 0 Å². The number of piperazine rings is 1. The number of benzene rings is 1. The number of nitrogens with zero attached hydrogens (tertiary/aromatic N) is 4. The van der Waals surface area contributed by atoms with Crippen molar-refractivity contribution in [1.82, 2.24) is 14.8 Å². The summed E-state index contributed by atoms with van der Waals surface area (Å²) in [4.78, 5) is 22.2. The van der Waals surface area contributed by atoms with Gasteiger partial charge in [-0.05, 0) is 61.1 Å². The first-order valence-electron chi connectivity index (χ1n) is 13.1. The third-order valence-electron chi connectivity index (χ3n) is 8.06. The number of carbonyl (C=O) groups excluding carboxylic acids is 1. The molecule has 3 heterocycles. The van der Waals surface area contributed by atoms with Gasteiger partial charge in [0.2, 0.25) is 0 Å². The number of aromatic nitrogens is 1. The van der Waals surface area contributed by atoms with E-state index in [9.17, 15) is 10.0 Å². The van der Waals surface area contributed by atoms with E-state index in [2.05, 4.69) is 21.1 Å². The zero-order valence-corrected chi connectivity index (χ0v) is 20.5. The molecule has 3 aliphatic rings. The number of furan rings is 1. The van der Waals surface area contributed by atoms with E-state index in [1.807, 2.05) is 35.2 Å². The van der Waals surface area contributed by atoms with Gasteiger partial charge in [0, 0.05) is 61.3 Å². The highest BCUT2D eigenvalue weighted by Crippen LogP contribution is 2.37. The topological polar surface area (TPSA) is 82.2 Å². The summed E-state index contributed by atoms with van der Waals surface area (Å²) in [5.41, 5.74) is 5.59. The molecule has 1 saturated heterocycles. The Morgan fingerprint density at radius 3 is 2.44 bits per heavy atom. The summed E-state index contributed by atoms with van der Waals surface area (Å²) in [6, 6.07) is 12.5. The summed E-state index contributed by atoms with van der Waals surface area (Å²) in [5.74, 6) is 1.01. The molecular weight excluding hydrogens is 452 g/mol. The molecule has 1 N–H and O–H groups in total. The molecule has 0 bridgehead atoms. The molecule has 0 spiro atoms. The van der Waals surface area contributed by atoms with Gasteiger partial charge < -0.3 is 14.5 Å². The average Bonchev–Trinajstić information content (AvgIpc) is 3.58. The minimum atomic E-state index is -0.0456. The minimum absolute atomic E-state index is 0.0456. The van der Waals surface area contributed by atoms with Gasteiger partial charge in [-0.1, -0.05) is 36.6 Å². The van der Waals surface area contributed by atoms with Crippen LogP contribution in [0.4, 0.5) is 0 Å². The quantitative estimate of drug-likeness (QED) is 0.405. The molecule has 6 rings (SSSR count). The van der Waals surface area contributed by atoms with Crippen LogP contribution in [0.15, 0.2) is 58.4 Å². The Bertz CT molecular complexity index is 1270. The van der Waals surface area contributed by atoms with Crippen LogP contribution < -0.4 is 0 Å². The third-order valence-corrected chi connectivity index (χ3v) is 8.06. The molecular formula is C29H32N4O3. The molecule has 3 aromatic rings. The van der Waals surface area contributed by atoms with Crippen molar-refractivity contribution in [2.45, 2.75) is 51.0 Å². The van der Waals surface area contributed by atoms with Crippen molar-refractivity contribution in [3.05, 3.63) is 65.7 Å². The van der Waals surface area contributed by atoms with E-state index in [0.29, 0.717) is 23.3 Å². The number of hydrogen-bond donors (Lipinski definition) is 1. The van der Waals surface area contributed by atoms with Crippen LogP contribution in [0.1, 0.15) is 60.2 Å². The Kier molecular flexibility index (Phi) is 6.32. The van der Waals surface area contributed by atoms with Crippen LogP contribution in [0.3, 0.4) is 0 Å². The Balaban J connectivity index is 1.27. The largest absolute Gasteiger partial charge is 0.450 e. The summed E-state index contributed by atoms with van der Waals surface area (Å²) in [5, 5.41) is 12.7. The molecule has 0 unspecified atom stereocenters. The maximum absolute atomic E-state index is 13.5. The van der Waals surface area contributed by atoms with E-state index in [1.54, 1.807) is 12.4 Å². The second-order valence-corrected chi connectivity index (χ2v) is 10.1. The highest BCUT2D eigenvalue weighted by molar-refractivity contribution is 6.04. The monoisotopic (exact) mass is 484 g/mol. The fraction of sp³-hybridized carbons (Fsp3) is 0.414. The van der Waals surface area contributed by atoms with E-state index >= 15 is 0 Å². The first-order chi connectivity index (χ1) is 17.7. The van der Waals surface area contributed by atoms with Crippen LogP contribution in [0.2, 0.25) is 0 Å². The summed E-state index contributed by atoms with van der Waals surface area (Å²) >= 11 is 0. The third kappa shape index (κ3) is 4.32. The number of pyridine rings is 1. The standard InChI is InChI=1S/C29H32N4O3/c34-29(33-16-14-32(15-17-33)23-4-2-1-3-5-23)27-19-25(20-10-12-30-13-11-20)28(36-27)22-6-8-24-21(18-22)7-9-26(24)31-35/h6,8,10-13,18-19,23,35H,1-5,7,9,14-17H2/b31-26+. The highest BCUT2D eigenvalue weighted by atomic mass is 16.4. The lowest BCUT2D eigenvalue weighted by molar-refractivity contribution is 0.0498. The first kappa shape index (κ1) is 23.0. The smallest absolute Gasteiger partial charge is 0.289 e. The zero-order chi connectivity index (χ0) is 24.5. The molecule has 1 aliphatic heterocycles. The van der Waals surface area contributed by atoms with Gasteiger partial charge in [-0.15, -0.1) is 0 Å². The first-order valence-corrected chi connectivity index (χ1v) is 13.1. The number of amides is 1. The van der Waals surface area contributed by atoms with Gasteiger partial charge in [-0.2, -0.15) is 0 Å². The Hall–Kier alpha value is -3.45. The molecule has 36 heavy (non-hydrogen) atoms. The molecule has 7 nitrogen and oxygen atoms in total. The van der Waals surface area contributed by atoms with Crippen molar-refractivity contribution in [3.63, 3.8) is 0 Å². The molecule has 186 valence electrons. The maximum Gasteiger partial charge on any atom is 0.289 e. The van der Waals surface area contributed by atoms with Crippen molar-refractivity contribution in [1.29, 1.82) is 0 Å². The lowest BCUT2D eigenvalue weighted by Gasteiger charge is -2.40. The number of rotatable bonds is 4. The second-order valence-electron chi connectivity index (χ2n) is 10.1. The van der Waals surface area contributed by atoms with Crippen LogP contribution in [0.5, 0.6) is 0 Å². The molecule has 7 heteroatoms. The molecule has 0 radical (unpaired) electrons. The maximum atomic E-state index is 13.5. The van der Waals surface area contributed by atoms with Crippen LogP contribution in [0, 0.1) is 0 Å². The van der Waals surface area contributed by atoms with Gasteiger partial charge >= 0.3 is 0 Å².